The maximum Gasteiger partial charge on any atom is 0.354 e. The van der Waals surface area contributed by atoms with E-state index in [4.69, 9.17) is 9.84 Å². The van der Waals surface area contributed by atoms with E-state index in [1.807, 2.05) is 12.1 Å². The first kappa shape index (κ1) is 15.0. The summed E-state index contributed by atoms with van der Waals surface area (Å²) < 4.78 is 5.66. The molecule has 0 unspecified atom stereocenters. The van der Waals surface area contributed by atoms with Crippen LogP contribution < -0.4 is 4.74 Å². The van der Waals surface area contributed by atoms with Crippen LogP contribution in [0, 0.1) is 0 Å². The standard InChI is InChI=1S/C17H19NO3/c1-4-17(2,3)12-5-7-13(8-6-12)21-14-9-10-15(16(19)20)18-11-14/h5-11H,4H2,1-3H3,(H,19,20). The summed E-state index contributed by atoms with van der Waals surface area (Å²) >= 11 is 0. The third-order valence-corrected chi connectivity index (χ3v) is 3.71. The lowest BCUT2D eigenvalue weighted by atomic mass is 9.82. The fraction of sp³-hybridized carbons (Fsp3) is 0.294. The van der Waals surface area contributed by atoms with Crippen molar-refractivity contribution in [2.75, 3.05) is 0 Å². The molecule has 4 nitrogen and oxygen atoms in total. The number of aromatic carboxylic acids is 1. The minimum Gasteiger partial charge on any atom is -0.477 e. The van der Waals surface area contributed by atoms with Crippen LogP contribution >= 0.6 is 0 Å². The number of carbonyl (C=O) groups is 1. The maximum atomic E-state index is 10.7. The molecular formula is C17H19NO3. The molecule has 1 aromatic heterocycles. The molecule has 0 atom stereocenters. The summed E-state index contributed by atoms with van der Waals surface area (Å²) in [5, 5.41) is 8.79. The number of benzene rings is 1. The molecule has 0 aliphatic rings. The molecule has 2 rings (SSSR count). The number of carboxylic acid groups (broad SMARTS) is 1. The number of carboxylic acids is 1. The number of pyridine rings is 1. The molecule has 1 aromatic carbocycles. The van der Waals surface area contributed by atoms with E-state index in [0.29, 0.717) is 11.5 Å². The van der Waals surface area contributed by atoms with Crippen LogP contribution in [-0.4, -0.2) is 16.1 Å². The SMILES string of the molecule is CCC(C)(C)c1ccc(Oc2ccc(C(=O)O)nc2)cc1. The molecule has 0 aliphatic carbocycles. The fourth-order valence-corrected chi connectivity index (χ4v) is 1.88. The summed E-state index contributed by atoms with van der Waals surface area (Å²) in [5.74, 6) is 0.172. The van der Waals surface area contributed by atoms with Crippen LogP contribution in [0.4, 0.5) is 0 Å². The maximum absolute atomic E-state index is 10.7. The summed E-state index contributed by atoms with van der Waals surface area (Å²) in [6, 6.07) is 11.0. The zero-order chi connectivity index (χ0) is 15.5. The Bertz CT molecular complexity index is 615. The van der Waals surface area contributed by atoms with Crippen LogP contribution in [0.3, 0.4) is 0 Å². The molecule has 0 saturated heterocycles. The van der Waals surface area contributed by atoms with Crippen molar-refractivity contribution in [3.8, 4) is 11.5 Å². The Hall–Kier alpha value is -2.36. The monoisotopic (exact) mass is 285 g/mol. The van der Waals surface area contributed by atoms with Crippen molar-refractivity contribution >= 4 is 5.97 Å². The fourth-order valence-electron chi connectivity index (χ4n) is 1.88. The number of hydrogen-bond acceptors (Lipinski definition) is 3. The van der Waals surface area contributed by atoms with Crippen LogP contribution in [0.25, 0.3) is 0 Å². The van der Waals surface area contributed by atoms with E-state index < -0.39 is 5.97 Å². The molecular weight excluding hydrogens is 266 g/mol. The van der Waals surface area contributed by atoms with Gasteiger partial charge in [-0.2, -0.15) is 0 Å². The first-order valence-electron chi connectivity index (χ1n) is 6.90. The van der Waals surface area contributed by atoms with Crippen molar-refractivity contribution in [3.63, 3.8) is 0 Å². The number of ether oxygens (including phenoxy) is 1. The summed E-state index contributed by atoms with van der Waals surface area (Å²) in [7, 11) is 0. The topological polar surface area (TPSA) is 59.4 Å². The van der Waals surface area contributed by atoms with Crippen LogP contribution in [0.5, 0.6) is 11.5 Å². The van der Waals surface area contributed by atoms with Crippen LogP contribution in [0.15, 0.2) is 42.6 Å². The van der Waals surface area contributed by atoms with Gasteiger partial charge in [0, 0.05) is 0 Å². The lowest BCUT2D eigenvalue weighted by Gasteiger charge is -2.23. The molecule has 0 spiro atoms. The first-order valence-corrected chi connectivity index (χ1v) is 6.90. The van der Waals surface area contributed by atoms with Gasteiger partial charge in [-0.1, -0.05) is 32.9 Å². The Labute approximate surface area is 124 Å². The minimum atomic E-state index is -1.05. The van der Waals surface area contributed by atoms with Gasteiger partial charge in [0.1, 0.15) is 17.2 Å². The summed E-state index contributed by atoms with van der Waals surface area (Å²) in [5.41, 5.74) is 1.41. The lowest BCUT2D eigenvalue weighted by molar-refractivity contribution is 0.0690. The largest absolute Gasteiger partial charge is 0.477 e. The highest BCUT2D eigenvalue weighted by Crippen LogP contribution is 2.29. The average Bonchev–Trinajstić information content (AvgIpc) is 2.48. The van der Waals surface area contributed by atoms with E-state index in [1.54, 1.807) is 6.07 Å². The predicted octanol–water partition coefficient (Wildman–Crippen LogP) is 4.26. The average molecular weight is 285 g/mol. The molecule has 0 radical (unpaired) electrons. The zero-order valence-corrected chi connectivity index (χ0v) is 12.5. The van der Waals surface area contributed by atoms with Gasteiger partial charge in [-0.05, 0) is 41.7 Å². The summed E-state index contributed by atoms with van der Waals surface area (Å²) in [6.07, 6.45) is 2.47. The Morgan fingerprint density at radius 2 is 1.76 bits per heavy atom. The Kier molecular flexibility index (Phi) is 4.26. The second-order valence-corrected chi connectivity index (χ2v) is 5.55. The van der Waals surface area contributed by atoms with E-state index in [2.05, 4.69) is 37.9 Å². The molecule has 1 heterocycles. The molecule has 2 aromatic rings. The number of aromatic nitrogens is 1. The van der Waals surface area contributed by atoms with E-state index in [1.165, 1.54) is 17.8 Å². The number of nitrogens with zero attached hydrogens (tertiary/aromatic N) is 1. The molecule has 21 heavy (non-hydrogen) atoms. The van der Waals surface area contributed by atoms with Gasteiger partial charge in [0.15, 0.2) is 0 Å². The van der Waals surface area contributed by atoms with Crippen molar-refractivity contribution in [2.24, 2.45) is 0 Å². The predicted molar refractivity (Wildman–Crippen MR) is 81.0 cm³/mol. The van der Waals surface area contributed by atoms with E-state index in [0.717, 1.165) is 6.42 Å². The van der Waals surface area contributed by atoms with Crippen molar-refractivity contribution in [2.45, 2.75) is 32.6 Å². The van der Waals surface area contributed by atoms with E-state index in [9.17, 15) is 4.79 Å². The summed E-state index contributed by atoms with van der Waals surface area (Å²) in [6.45, 7) is 6.58. The first-order chi connectivity index (χ1) is 9.92. The van der Waals surface area contributed by atoms with Gasteiger partial charge >= 0.3 is 5.97 Å². The number of hydrogen-bond donors (Lipinski definition) is 1. The van der Waals surface area contributed by atoms with Crippen molar-refractivity contribution in [3.05, 3.63) is 53.9 Å². The summed E-state index contributed by atoms with van der Waals surface area (Å²) in [4.78, 5) is 14.5. The van der Waals surface area contributed by atoms with Crippen LogP contribution in [-0.2, 0) is 5.41 Å². The van der Waals surface area contributed by atoms with Gasteiger partial charge in [0.2, 0.25) is 0 Å². The molecule has 0 saturated carbocycles. The highest BCUT2D eigenvalue weighted by Gasteiger charge is 2.17. The Morgan fingerprint density at radius 1 is 1.14 bits per heavy atom. The third kappa shape index (κ3) is 3.60. The van der Waals surface area contributed by atoms with E-state index >= 15 is 0 Å². The van der Waals surface area contributed by atoms with E-state index in [-0.39, 0.29) is 11.1 Å². The van der Waals surface area contributed by atoms with Crippen molar-refractivity contribution < 1.29 is 14.6 Å². The minimum absolute atomic E-state index is 0.00222. The van der Waals surface area contributed by atoms with Crippen LogP contribution in [0.1, 0.15) is 43.2 Å². The lowest BCUT2D eigenvalue weighted by Crippen LogP contribution is -2.14. The number of rotatable bonds is 5. The van der Waals surface area contributed by atoms with Gasteiger partial charge in [0.25, 0.3) is 0 Å². The molecule has 1 N–H and O–H groups in total. The van der Waals surface area contributed by atoms with Crippen molar-refractivity contribution in [1.82, 2.24) is 4.98 Å². The van der Waals surface area contributed by atoms with Gasteiger partial charge in [-0.15, -0.1) is 0 Å². The Morgan fingerprint density at radius 3 is 2.24 bits per heavy atom. The second-order valence-electron chi connectivity index (χ2n) is 5.55. The highest BCUT2D eigenvalue weighted by atomic mass is 16.5. The molecule has 0 amide bonds. The molecule has 4 heteroatoms. The molecule has 0 fully saturated rings. The Balaban J connectivity index is 2.11. The molecule has 0 bridgehead atoms. The third-order valence-electron chi connectivity index (χ3n) is 3.71. The van der Waals surface area contributed by atoms with Crippen molar-refractivity contribution in [1.29, 1.82) is 0 Å². The quantitative estimate of drug-likeness (QED) is 0.891. The molecule has 0 aliphatic heterocycles. The zero-order valence-electron chi connectivity index (χ0n) is 12.5. The van der Waals surface area contributed by atoms with Gasteiger partial charge in [0.05, 0.1) is 6.20 Å². The van der Waals surface area contributed by atoms with Gasteiger partial charge in [-0.25, -0.2) is 9.78 Å². The second kappa shape index (κ2) is 5.95. The molecule has 110 valence electrons. The van der Waals surface area contributed by atoms with Crippen LogP contribution in [0.2, 0.25) is 0 Å². The smallest absolute Gasteiger partial charge is 0.354 e. The highest BCUT2D eigenvalue weighted by molar-refractivity contribution is 5.85. The van der Waals surface area contributed by atoms with Gasteiger partial charge in [-0.3, -0.25) is 0 Å². The van der Waals surface area contributed by atoms with Gasteiger partial charge < -0.3 is 9.84 Å². The normalized spacial score (nSPS) is 11.2.